The van der Waals surface area contributed by atoms with Gasteiger partial charge in [-0.25, -0.2) is 4.98 Å². The summed E-state index contributed by atoms with van der Waals surface area (Å²) in [6.07, 6.45) is -0.0700. The Balaban J connectivity index is 1.80. The number of anilines is 1. The molecule has 1 amide bonds. The molecule has 2 heterocycles. The van der Waals surface area contributed by atoms with Crippen LogP contribution in [-0.4, -0.2) is 22.0 Å². The van der Waals surface area contributed by atoms with Gasteiger partial charge in [0.15, 0.2) is 5.13 Å². The SMILES string of the molecule is Cc1csc(NC(=O)c2cc(OCc3ccccc3)nc(OC(C)C)c2)n1. The van der Waals surface area contributed by atoms with Crippen molar-refractivity contribution in [2.24, 2.45) is 0 Å². The second kappa shape index (κ2) is 8.64. The molecule has 0 aliphatic rings. The van der Waals surface area contributed by atoms with E-state index in [0.29, 0.717) is 29.1 Å². The zero-order valence-electron chi connectivity index (χ0n) is 15.4. The number of pyridine rings is 1. The van der Waals surface area contributed by atoms with Crippen molar-refractivity contribution >= 4 is 22.4 Å². The van der Waals surface area contributed by atoms with E-state index in [1.165, 1.54) is 11.3 Å². The van der Waals surface area contributed by atoms with Crippen molar-refractivity contribution in [2.45, 2.75) is 33.5 Å². The number of hydrogen-bond acceptors (Lipinski definition) is 6. The number of aromatic nitrogens is 2. The largest absolute Gasteiger partial charge is 0.475 e. The van der Waals surface area contributed by atoms with Crippen LogP contribution in [0.3, 0.4) is 0 Å². The first-order valence-electron chi connectivity index (χ1n) is 8.58. The van der Waals surface area contributed by atoms with E-state index < -0.39 is 0 Å². The van der Waals surface area contributed by atoms with Gasteiger partial charge < -0.3 is 9.47 Å². The minimum Gasteiger partial charge on any atom is -0.475 e. The summed E-state index contributed by atoms with van der Waals surface area (Å²) in [4.78, 5) is 21.2. The number of carbonyl (C=O) groups excluding carboxylic acids is 1. The van der Waals surface area contributed by atoms with Crippen LogP contribution in [0.1, 0.15) is 35.5 Å². The Bertz CT molecular complexity index is 910. The molecule has 3 aromatic rings. The first-order valence-corrected chi connectivity index (χ1v) is 9.46. The molecule has 0 fully saturated rings. The Labute approximate surface area is 162 Å². The highest BCUT2D eigenvalue weighted by molar-refractivity contribution is 7.13. The van der Waals surface area contributed by atoms with Crippen molar-refractivity contribution in [3.63, 3.8) is 0 Å². The highest BCUT2D eigenvalue weighted by Gasteiger charge is 2.14. The topological polar surface area (TPSA) is 73.3 Å². The molecule has 6 nitrogen and oxygen atoms in total. The maximum absolute atomic E-state index is 12.6. The number of amides is 1. The number of nitrogens with zero attached hydrogens (tertiary/aromatic N) is 2. The summed E-state index contributed by atoms with van der Waals surface area (Å²) in [5.41, 5.74) is 2.27. The van der Waals surface area contributed by atoms with Gasteiger partial charge in [-0.15, -0.1) is 11.3 Å². The lowest BCUT2D eigenvalue weighted by Crippen LogP contribution is -2.14. The number of aryl methyl sites for hydroxylation is 1. The molecule has 1 aromatic carbocycles. The van der Waals surface area contributed by atoms with Gasteiger partial charge in [0.25, 0.3) is 5.91 Å². The van der Waals surface area contributed by atoms with Crippen molar-refractivity contribution < 1.29 is 14.3 Å². The molecule has 140 valence electrons. The van der Waals surface area contributed by atoms with E-state index in [-0.39, 0.29) is 12.0 Å². The third kappa shape index (κ3) is 5.52. The van der Waals surface area contributed by atoms with Crippen LogP contribution in [0.4, 0.5) is 5.13 Å². The molecule has 0 aliphatic heterocycles. The minimum atomic E-state index is -0.287. The van der Waals surface area contributed by atoms with Gasteiger partial charge in [-0.05, 0) is 26.3 Å². The third-order valence-corrected chi connectivity index (χ3v) is 4.34. The van der Waals surface area contributed by atoms with Gasteiger partial charge in [0.2, 0.25) is 11.8 Å². The number of rotatable bonds is 7. The summed E-state index contributed by atoms with van der Waals surface area (Å²) >= 11 is 1.38. The van der Waals surface area contributed by atoms with Crippen molar-refractivity contribution in [3.8, 4) is 11.8 Å². The van der Waals surface area contributed by atoms with E-state index in [0.717, 1.165) is 11.3 Å². The summed E-state index contributed by atoms with van der Waals surface area (Å²) in [5, 5.41) is 5.22. The van der Waals surface area contributed by atoms with Gasteiger partial charge in [-0.2, -0.15) is 4.98 Å². The van der Waals surface area contributed by atoms with Crippen molar-refractivity contribution in [1.82, 2.24) is 9.97 Å². The molecule has 2 aromatic heterocycles. The van der Waals surface area contributed by atoms with Crippen LogP contribution in [0.15, 0.2) is 47.8 Å². The Kier molecular flexibility index (Phi) is 6.03. The van der Waals surface area contributed by atoms with Gasteiger partial charge in [0.05, 0.1) is 17.4 Å². The van der Waals surface area contributed by atoms with E-state index in [4.69, 9.17) is 9.47 Å². The standard InChI is InChI=1S/C20H21N3O3S/c1-13(2)26-18-10-16(19(24)23-20-21-14(3)12-27-20)9-17(22-18)25-11-15-7-5-4-6-8-15/h4-10,12-13H,11H2,1-3H3,(H,21,23,24). The first kappa shape index (κ1) is 18.8. The average molecular weight is 383 g/mol. The van der Waals surface area contributed by atoms with Gasteiger partial charge in [-0.1, -0.05) is 30.3 Å². The van der Waals surface area contributed by atoms with Crippen LogP contribution in [0.5, 0.6) is 11.8 Å². The van der Waals surface area contributed by atoms with E-state index in [2.05, 4.69) is 15.3 Å². The zero-order chi connectivity index (χ0) is 19.2. The van der Waals surface area contributed by atoms with Crippen LogP contribution >= 0.6 is 11.3 Å². The number of nitrogens with one attached hydrogen (secondary N) is 1. The minimum absolute atomic E-state index is 0.0700. The summed E-state index contributed by atoms with van der Waals surface area (Å²) in [7, 11) is 0. The highest BCUT2D eigenvalue weighted by Crippen LogP contribution is 2.22. The normalized spacial score (nSPS) is 10.7. The molecular weight excluding hydrogens is 362 g/mol. The molecule has 0 atom stereocenters. The molecule has 0 aliphatic carbocycles. The summed E-state index contributed by atoms with van der Waals surface area (Å²) < 4.78 is 11.4. The Morgan fingerprint density at radius 3 is 2.56 bits per heavy atom. The fraction of sp³-hybridized carbons (Fsp3) is 0.250. The third-order valence-electron chi connectivity index (χ3n) is 3.47. The molecule has 7 heteroatoms. The van der Waals surface area contributed by atoms with Crippen molar-refractivity contribution in [1.29, 1.82) is 0 Å². The summed E-state index contributed by atoms with van der Waals surface area (Å²) in [6.45, 7) is 6.03. The van der Waals surface area contributed by atoms with Gasteiger partial charge in [0, 0.05) is 17.5 Å². The summed E-state index contributed by atoms with van der Waals surface area (Å²) in [5.74, 6) is 0.387. The predicted octanol–water partition coefficient (Wildman–Crippen LogP) is 4.47. The first-order chi connectivity index (χ1) is 13.0. The van der Waals surface area contributed by atoms with Crippen molar-refractivity contribution in [3.05, 3.63) is 64.7 Å². The Hall–Kier alpha value is -2.93. The lowest BCUT2D eigenvalue weighted by atomic mass is 10.2. The molecule has 1 N–H and O–H groups in total. The lowest BCUT2D eigenvalue weighted by Gasteiger charge is -2.13. The molecule has 0 saturated heterocycles. The van der Waals surface area contributed by atoms with Crippen LogP contribution in [0.2, 0.25) is 0 Å². The van der Waals surface area contributed by atoms with Crippen LogP contribution in [0.25, 0.3) is 0 Å². The van der Waals surface area contributed by atoms with Crippen LogP contribution < -0.4 is 14.8 Å². The van der Waals surface area contributed by atoms with E-state index in [9.17, 15) is 4.79 Å². The number of thiazole rings is 1. The summed E-state index contributed by atoms with van der Waals surface area (Å²) in [6, 6.07) is 13.0. The molecule has 27 heavy (non-hydrogen) atoms. The smallest absolute Gasteiger partial charge is 0.257 e. The molecule has 0 unspecified atom stereocenters. The number of benzene rings is 1. The molecule has 0 saturated carbocycles. The molecule has 3 rings (SSSR count). The molecular formula is C20H21N3O3S. The maximum atomic E-state index is 12.6. The predicted molar refractivity (Wildman–Crippen MR) is 106 cm³/mol. The Morgan fingerprint density at radius 1 is 1.15 bits per heavy atom. The van der Waals surface area contributed by atoms with E-state index in [1.807, 2.05) is 56.5 Å². The van der Waals surface area contributed by atoms with Crippen LogP contribution in [-0.2, 0) is 6.61 Å². The quantitative estimate of drug-likeness (QED) is 0.652. The monoisotopic (exact) mass is 383 g/mol. The maximum Gasteiger partial charge on any atom is 0.257 e. The number of hydrogen-bond donors (Lipinski definition) is 1. The average Bonchev–Trinajstić information content (AvgIpc) is 3.05. The molecule has 0 spiro atoms. The second-order valence-corrected chi connectivity index (χ2v) is 7.08. The van der Waals surface area contributed by atoms with Crippen molar-refractivity contribution in [2.75, 3.05) is 5.32 Å². The number of carbonyl (C=O) groups is 1. The fourth-order valence-electron chi connectivity index (χ4n) is 2.30. The fourth-order valence-corrected chi connectivity index (χ4v) is 2.98. The second-order valence-electron chi connectivity index (χ2n) is 6.22. The van der Waals surface area contributed by atoms with Crippen LogP contribution in [0, 0.1) is 6.92 Å². The highest BCUT2D eigenvalue weighted by atomic mass is 32.1. The zero-order valence-corrected chi connectivity index (χ0v) is 16.2. The lowest BCUT2D eigenvalue weighted by molar-refractivity contribution is 0.102. The van der Waals surface area contributed by atoms with E-state index >= 15 is 0 Å². The van der Waals surface area contributed by atoms with Gasteiger partial charge >= 0.3 is 0 Å². The van der Waals surface area contributed by atoms with Gasteiger partial charge in [0.1, 0.15) is 6.61 Å². The van der Waals surface area contributed by atoms with Gasteiger partial charge in [-0.3, -0.25) is 10.1 Å². The molecule has 0 radical (unpaired) electrons. The number of ether oxygens (including phenoxy) is 2. The Morgan fingerprint density at radius 2 is 1.89 bits per heavy atom. The molecule has 0 bridgehead atoms. The van der Waals surface area contributed by atoms with E-state index in [1.54, 1.807) is 12.1 Å².